The molecule has 0 atom stereocenters. The first kappa shape index (κ1) is 21.4. The standard InChI is InChI=1S/C21H28N4O3S/c1-3-22-21(24-9-4-8-23(2)11-12-24)29-15-20(28)25-10-7-17-16(13-25)5-6-19(27)18(17)14-26/h3,5-6,14,27H,1,4,7-13,15H2,2H3. The Hall–Kier alpha value is -2.32. The van der Waals surface area contributed by atoms with Gasteiger partial charge in [0.15, 0.2) is 11.5 Å². The minimum absolute atomic E-state index is 0.00227. The lowest BCUT2D eigenvalue weighted by atomic mass is 9.94. The first-order chi connectivity index (χ1) is 14.0. The van der Waals surface area contributed by atoms with E-state index in [0.717, 1.165) is 48.9 Å². The van der Waals surface area contributed by atoms with Crippen molar-refractivity contribution >= 4 is 29.1 Å². The van der Waals surface area contributed by atoms with Crippen LogP contribution in [0.5, 0.6) is 5.75 Å². The smallest absolute Gasteiger partial charge is 0.233 e. The molecule has 1 aromatic rings. The maximum Gasteiger partial charge on any atom is 0.233 e. The molecule has 1 N–H and O–H groups in total. The van der Waals surface area contributed by atoms with Gasteiger partial charge in [0, 0.05) is 38.9 Å². The lowest BCUT2D eigenvalue weighted by Gasteiger charge is -2.30. The van der Waals surface area contributed by atoms with Crippen LogP contribution in [0.4, 0.5) is 0 Å². The number of carbonyl (C=O) groups excluding carboxylic acids is 2. The van der Waals surface area contributed by atoms with Gasteiger partial charge in [-0.1, -0.05) is 24.4 Å². The highest BCUT2D eigenvalue weighted by atomic mass is 32.2. The second-order valence-corrected chi connectivity index (χ2v) is 8.29. The van der Waals surface area contributed by atoms with Crippen molar-refractivity contribution in [3.05, 3.63) is 41.6 Å². The summed E-state index contributed by atoms with van der Waals surface area (Å²) >= 11 is 1.46. The van der Waals surface area contributed by atoms with Gasteiger partial charge < -0.3 is 19.8 Å². The van der Waals surface area contributed by atoms with Crippen molar-refractivity contribution in [3.63, 3.8) is 0 Å². The zero-order valence-corrected chi connectivity index (χ0v) is 17.7. The molecule has 1 aromatic carbocycles. The fraction of sp³-hybridized carbons (Fsp3) is 0.476. The predicted molar refractivity (Wildman–Crippen MR) is 116 cm³/mol. The molecule has 2 aliphatic rings. The molecule has 0 aliphatic carbocycles. The Morgan fingerprint density at radius 1 is 1.24 bits per heavy atom. The number of aromatic hydroxyl groups is 1. The number of amidine groups is 1. The van der Waals surface area contributed by atoms with Crippen LogP contribution in [0.15, 0.2) is 29.9 Å². The molecule has 7 nitrogen and oxygen atoms in total. The Bertz CT molecular complexity index is 811. The number of aliphatic imine (C=N–C) groups is 1. The molecule has 0 saturated carbocycles. The number of rotatable bonds is 4. The molecule has 8 heteroatoms. The SMILES string of the molecule is C=CN=C(SCC(=O)N1CCc2c(ccc(O)c2C=O)C1)N1CCCN(C)CC1. The number of benzene rings is 1. The van der Waals surface area contributed by atoms with Crippen LogP contribution >= 0.6 is 11.8 Å². The number of thioether (sulfide) groups is 1. The molecule has 156 valence electrons. The fourth-order valence-corrected chi connectivity index (χ4v) is 4.71. The number of likely N-dealkylation sites (N-methyl/N-ethyl adjacent to an activating group) is 1. The van der Waals surface area contributed by atoms with Crippen LogP contribution in [0.1, 0.15) is 27.9 Å². The van der Waals surface area contributed by atoms with Crippen LogP contribution in [-0.4, -0.2) is 82.7 Å². The van der Waals surface area contributed by atoms with Gasteiger partial charge in [0.05, 0.1) is 11.3 Å². The maximum atomic E-state index is 12.8. The normalized spacial score (nSPS) is 18.2. The first-order valence-electron chi connectivity index (χ1n) is 9.85. The van der Waals surface area contributed by atoms with E-state index in [2.05, 4.69) is 28.4 Å². The number of carbonyl (C=O) groups is 2. The minimum Gasteiger partial charge on any atom is -0.507 e. The number of hydrogen-bond acceptors (Lipinski definition) is 6. The van der Waals surface area contributed by atoms with E-state index in [9.17, 15) is 14.7 Å². The molecule has 3 rings (SSSR count). The summed E-state index contributed by atoms with van der Waals surface area (Å²) in [5.41, 5.74) is 2.11. The highest BCUT2D eigenvalue weighted by molar-refractivity contribution is 8.14. The molecule has 2 heterocycles. The van der Waals surface area contributed by atoms with Crippen molar-refractivity contribution in [1.82, 2.24) is 14.7 Å². The summed E-state index contributed by atoms with van der Waals surface area (Å²) in [6.45, 7) is 8.56. The van der Waals surface area contributed by atoms with Gasteiger partial charge in [0.2, 0.25) is 5.91 Å². The Kier molecular flexibility index (Phi) is 7.33. The average molecular weight is 417 g/mol. The van der Waals surface area contributed by atoms with Crippen molar-refractivity contribution in [1.29, 1.82) is 0 Å². The Balaban J connectivity index is 1.62. The van der Waals surface area contributed by atoms with Crippen LogP contribution < -0.4 is 0 Å². The quantitative estimate of drug-likeness (QED) is 0.459. The molecule has 1 saturated heterocycles. The third-order valence-corrected chi connectivity index (χ3v) is 6.42. The third-order valence-electron chi connectivity index (χ3n) is 5.41. The van der Waals surface area contributed by atoms with E-state index in [0.29, 0.717) is 37.1 Å². The molecule has 0 bridgehead atoms. The lowest BCUT2D eigenvalue weighted by molar-refractivity contribution is -0.129. The molecule has 2 aliphatic heterocycles. The topological polar surface area (TPSA) is 76.4 Å². The van der Waals surface area contributed by atoms with E-state index in [1.807, 2.05) is 4.90 Å². The van der Waals surface area contributed by atoms with E-state index < -0.39 is 0 Å². The van der Waals surface area contributed by atoms with Gasteiger partial charge in [-0.2, -0.15) is 0 Å². The molecule has 0 spiro atoms. The van der Waals surface area contributed by atoms with Gasteiger partial charge in [0.25, 0.3) is 0 Å². The largest absolute Gasteiger partial charge is 0.507 e. The van der Waals surface area contributed by atoms with E-state index in [4.69, 9.17) is 0 Å². The molecule has 1 amide bonds. The zero-order valence-electron chi connectivity index (χ0n) is 16.8. The Morgan fingerprint density at radius 2 is 2.07 bits per heavy atom. The van der Waals surface area contributed by atoms with Gasteiger partial charge in [0.1, 0.15) is 5.75 Å². The maximum absolute atomic E-state index is 12.8. The lowest BCUT2D eigenvalue weighted by Crippen LogP contribution is -2.38. The van der Waals surface area contributed by atoms with Crippen LogP contribution in [0, 0.1) is 0 Å². The van der Waals surface area contributed by atoms with Gasteiger partial charge in [-0.3, -0.25) is 9.59 Å². The second-order valence-electron chi connectivity index (χ2n) is 7.35. The summed E-state index contributed by atoms with van der Waals surface area (Å²) in [4.78, 5) is 34.9. The second kappa shape index (κ2) is 9.93. The number of hydrogen-bond donors (Lipinski definition) is 1. The number of aldehydes is 1. The molecule has 1 fully saturated rings. The number of amides is 1. The molecule has 0 aromatic heterocycles. The van der Waals surface area contributed by atoms with Gasteiger partial charge in [-0.25, -0.2) is 4.99 Å². The van der Waals surface area contributed by atoms with Crippen molar-refractivity contribution in [2.24, 2.45) is 4.99 Å². The minimum atomic E-state index is 0.00227. The van der Waals surface area contributed by atoms with Crippen molar-refractivity contribution in [2.75, 3.05) is 45.5 Å². The van der Waals surface area contributed by atoms with Gasteiger partial charge >= 0.3 is 0 Å². The molecule has 29 heavy (non-hydrogen) atoms. The third kappa shape index (κ3) is 5.19. The Labute approximate surface area is 176 Å². The summed E-state index contributed by atoms with van der Waals surface area (Å²) in [5, 5.41) is 10.7. The summed E-state index contributed by atoms with van der Waals surface area (Å²) in [6, 6.07) is 3.32. The molecular weight excluding hydrogens is 388 g/mol. The van der Waals surface area contributed by atoms with Crippen LogP contribution in [0.25, 0.3) is 0 Å². The molecule has 0 radical (unpaired) electrons. The molecule has 0 unspecified atom stereocenters. The average Bonchev–Trinajstić information content (AvgIpc) is 2.95. The summed E-state index contributed by atoms with van der Waals surface area (Å²) in [5.74, 6) is 0.361. The molecular formula is C21H28N4O3S. The van der Waals surface area contributed by atoms with Crippen molar-refractivity contribution in [3.8, 4) is 5.75 Å². The number of fused-ring (bicyclic) bond motifs is 1. The van der Waals surface area contributed by atoms with Crippen LogP contribution in [0.2, 0.25) is 0 Å². The Morgan fingerprint density at radius 3 is 2.83 bits per heavy atom. The van der Waals surface area contributed by atoms with Gasteiger partial charge in [-0.05, 0) is 43.6 Å². The van der Waals surface area contributed by atoms with Crippen molar-refractivity contribution < 1.29 is 14.7 Å². The summed E-state index contributed by atoms with van der Waals surface area (Å²) < 4.78 is 0. The van der Waals surface area contributed by atoms with E-state index >= 15 is 0 Å². The van der Waals surface area contributed by atoms with E-state index in [1.54, 1.807) is 6.07 Å². The van der Waals surface area contributed by atoms with E-state index in [1.165, 1.54) is 24.0 Å². The fourth-order valence-electron chi connectivity index (χ4n) is 3.76. The zero-order chi connectivity index (χ0) is 20.8. The predicted octanol–water partition coefficient (Wildman–Crippen LogP) is 1.96. The number of phenolic OH excluding ortho intramolecular Hbond substituents is 1. The highest BCUT2D eigenvalue weighted by Gasteiger charge is 2.25. The van der Waals surface area contributed by atoms with Crippen LogP contribution in [-0.2, 0) is 17.8 Å². The monoisotopic (exact) mass is 416 g/mol. The number of nitrogens with zero attached hydrogens (tertiary/aromatic N) is 4. The highest BCUT2D eigenvalue weighted by Crippen LogP contribution is 2.28. The summed E-state index contributed by atoms with van der Waals surface area (Å²) in [7, 11) is 2.12. The first-order valence-corrected chi connectivity index (χ1v) is 10.8. The van der Waals surface area contributed by atoms with Crippen molar-refractivity contribution in [2.45, 2.75) is 19.4 Å². The summed E-state index contributed by atoms with van der Waals surface area (Å²) in [6.07, 6.45) is 3.86. The number of phenols is 1. The van der Waals surface area contributed by atoms with Crippen LogP contribution in [0.3, 0.4) is 0 Å². The van der Waals surface area contributed by atoms with E-state index in [-0.39, 0.29) is 11.7 Å². The van der Waals surface area contributed by atoms with Gasteiger partial charge in [-0.15, -0.1) is 0 Å².